The van der Waals surface area contributed by atoms with Gasteiger partial charge in [0.2, 0.25) is 0 Å². The van der Waals surface area contributed by atoms with Gasteiger partial charge >= 0.3 is 0 Å². The molecule has 7 nitrogen and oxygen atoms in total. The summed E-state index contributed by atoms with van der Waals surface area (Å²) < 4.78 is 7.42. The van der Waals surface area contributed by atoms with E-state index < -0.39 is 0 Å². The zero-order valence-corrected chi connectivity index (χ0v) is 12.9. The maximum atomic E-state index is 5.99. The van der Waals surface area contributed by atoms with E-state index in [-0.39, 0.29) is 6.04 Å². The third-order valence-electron chi connectivity index (χ3n) is 4.01. The van der Waals surface area contributed by atoms with Crippen molar-refractivity contribution in [1.29, 1.82) is 0 Å². The number of aromatic nitrogens is 5. The molecule has 4 rings (SSSR count). The molecule has 4 aromatic rings. The van der Waals surface area contributed by atoms with E-state index in [2.05, 4.69) is 51.5 Å². The molecule has 0 bridgehead atoms. The summed E-state index contributed by atoms with van der Waals surface area (Å²) in [5.41, 5.74) is 1.52. The van der Waals surface area contributed by atoms with Gasteiger partial charge in [0.05, 0.1) is 6.04 Å². The van der Waals surface area contributed by atoms with Gasteiger partial charge in [-0.1, -0.05) is 18.2 Å². The molecular formula is C16H16N6O. The molecule has 1 aromatic carbocycles. The van der Waals surface area contributed by atoms with E-state index >= 15 is 0 Å². The Morgan fingerprint density at radius 2 is 2.09 bits per heavy atom. The van der Waals surface area contributed by atoms with Crippen molar-refractivity contribution >= 4 is 22.4 Å². The number of fused-ring (bicyclic) bond motifs is 2. The van der Waals surface area contributed by atoms with Crippen LogP contribution in [0.25, 0.3) is 16.6 Å². The number of furan rings is 1. The highest BCUT2D eigenvalue weighted by atomic mass is 16.3. The van der Waals surface area contributed by atoms with Crippen LogP contribution < -0.4 is 4.90 Å². The highest BCUT2D eigenvalue weighted by Crippen LogP contribution is 2.29. The molecule has 3 aromatic heterocycles. The Labute approximate surface area is 132 Å². The maximum absolute atomic E-state index is 5.99. The van der Waals surface area contributed by atoms with Crippen molar-refractivity contribution in [3.63, 3.8) is 0 Å². The van der Waals surface area contributed by atoms with Crippen molar-refractivity contribution in [3.8, 4) is 0 Å². The molecule has 0 aliphatic rings. The van der Waals surface area contributed by atoms with E-state index in [4.69, 9.17) is 4.42 Å². The van der Waals surface area contributed by atoms with Crippen molar-refractivity contribution in [2.45, 2.75) is 19.9 Å². The van der Waals surface area contributed by atoms with Gasteiger partial charge in [-0.25, -0.2) is 0 Å². The van der Waals surface area contributed by atoms with E-state index in [1.165, 1.54) is 4.63 Å². The Kier molecular flexibility index (Phi) is 3.18. The molecule has 1 unspecified atom stereocenters. The van der Waals surface area contributed by atoms with Crippen LogP contribution in [0.4, 0.5) is 5.82 Å². The zero-order chi connectivity index (χ0) is 15.8. The summed E-state index contributed by atoms with van der Waals surface area (Å²) in [6.07, 6.45) is 0. The number of rotatable bonds is 4. The lowest BCUT2D eigenvalue weighted by Crippen LogP contribution is -2.27. The number of para-hydroxylation sites is 1. The molecule has 1 atom stereocenters. The topological polar surface area (TPSA) is 72.4 Å². The fourth-order valence-electron chi connectivity index (χ4n) is 2.79. The first-order chi connectivity index (χ1) is 11.3. The van der Waals surface area contributed by atoms with E-state index in [1.807, 2.05) is 30.3 Å². The summed E-state index contributed by atoms with van der Waals surface area (Å²) in [7, 11) is 0. The Morgan fingerprint density at radius 3 is 2.91 bits per heavy atom. The lowest BCUT2D eigenvalue weighted by molar-refractivity contribution is 0.490. The number of hydrogen-bond donors (Lipinski definition) is 0. The smallest absolute Gasteiger partial charge is 0.200 e. The Balaban J connectivity index is 1.72. The average Bonchev–Trinajstić information content (AvgIpc) is 3.21. The normalized spacial score (nSPS) is 12.8. The van der Waals surface area contributed by atoms with Crippen LogP contribution >= 0.6 is 0 Å². The van der Waals surface area contributed by atoms with Crippen LogP contribution in [0.15, 0.2) is 46.9 Å². The fraction of sp³-hybridized carbons (Fsp3) is 0.250. The summed E-state index contributed by atoms with van der Waals surface area (Å²) >= 11 is 0. The molecule has 0 aliphatic carbocycles. The molecule has 0 saturated carbocycles. The van der Waals surface area contributed by atoms with Crippen molar-refractivity contribution < 1.29 is 4.42 Å². The molecule has 0 spiro atoms. The number of hydrogen-bond acceptors (Lipinski definition) is 6. The number of tetrazole rings is 1. The van der Waals surface area contributed by atoms with Gasteiger partial charge in [0.25, 0.3) is 0 Å². The molecule has 116 valence electrons. The highest BCUT2D eigenvalue weighted by Gasteiger charge is 2.20. The lowest BCUT2D eigenvalue weighted by Gasteiger charge is -2.27. The summed E-state index contributed by atoms with van der Waals surface area (Å²) in [6, 6.07) is 13.9. The van der Waals surface area contributed by atoms with Gasteiger partial charge in [-0.3, -0.25) is 0 Å². The van der Waals surface area contributed by atoms with Crippen molar-refractivity contribution in [1.82, 2.24) is 25.3 Å². The van der Waals surface area contributed by atoms with Gasteiger partial charge in [-0.15, -0.1) is 14.8 Å². The summed E-state index contributed by atoms with van der Waals surface area (Å²) in [4.78, 5) is 2.15. The van der Waals surface area contributed by atoms with Gasteiger partial charge in [-0.05, 0) is 48.5 Å². The van der Waals surface area contributed by atoms with E-state index in [1.54, 1.807) is 0 Å². The monoisotopic (exact) mass is 308 g/mol. The predicted octanol–water partition coefficient (Wildman–Crippen LogP) is 2.85. The molecule has 0 N–H and O–H groups in total. The third kappa shape index (κ3) is 2.30. The van der Waals surface area contributed by atoms with Crippen LogP contribution in [-0.4, -0.2) is 31.8 Å². The first kappa shape index (κ1) is 13.7. The number of nitrogens with zero attached hydrogens (tertiary/aromatic N) is 6. The van der Waals surface area contributed by atoms with Crippen LogP contribution in [-0.2, 0) is 0 Å². The second kappa shape index (κ2) is 5.35. The SMILES string of the molecule is CCN(c1ccc2nnnn2n1)C(C)c1cc2ccccc2o1. The first-order valence-electron chi connectivity index (χ1n) is 7.57. The van der Waals surface area contributed by atoms with Gasteiger partial charge in [0.1, 0.15) is 11.3 Å². The van der Waals surface area contributed by atoms with Gasteiger partial charge < -0.3 is 9.32 Å². The number of benzene rings is 1. The highest BCUT2D eigenvalue weighted by molar-refractivity contribution is 5.77. The zero-order valence-electron chi connectivity index (χ0n) is 12.9. The van der Waals surface area contributed by atoms with Crippen molar-refractivity contribution in [2.75, 3.05) is 11.4 Å². The third-order valence-corrected chi connectivity index (χ3v) is 4.01. The van der Waals surface area contributed by atoms with Crippen molar-refractivity contribution in [2.24, 2.45) is 0 Å². The molecule has 3 heterocycles. The Morgan fingerprint density at radius 1 is 1.22 bits per heavy atom. The van der Waals surface area contributed by atoms with Crippen molar-refractivity contribution in [3.05, 3.63) is 48.2 Å². The van der Waals surface area contributed by atoms with Crippen LogP contribution in [0.1, 0.15) is 25.6 Å². The summed E-state index contributed by atoms with van der Waals surface area (Å²) in [5.74, 6) is 1.71. The van der Waals surface area contributed by atoms with Gasteiger partial charge in [0.15, 0.2) is 11.5 Å². The second-order valence-corrected chi connectivity index (χ2v) is 5.37. The molecular weight excluding hydrogens is 292 g/mol. The predicted molar refractivity (Wildman–Crippen MR) is 86.2 cm³/mol. The van der Waals surface area contributed by atoms with E-state index in [0.717, 1.165) is 29.1 Å². The van der Waals surface area contributed by atoms with Gasteiger partial charge in [0, 0.05) is 11.9 Å². The molecule has 23 heavy (non-hydrogen) atoms. The Bertz CT molecular complexity index is 926. The quantitative estimate of drug-likeness (QED) is 0.577. The van der Waals surface area contributed by atoms with Crippen LogP contribution in [0.5, 0.6) is 0 Å². The second-order valence-electron chi connectivity index (χ2n) is 5.37. The minimum Gasteiger partial charge on any atom is -0.459 e. The number of anilines is 1. The summed E-state index contributed by atoms with van der Waals surface area (Å²) in [6.45, 7) is 4.98. The van der Waals surface area contributed by atoms with Gasteiger partial charge in [-0.2, -0.15) is 0 Å². The Hall–Kier alpha value is -2.96. The first-order valence-corrected chi connectivity index (χ1v) is 7.57. The molecule has 0 fully saturated rings. The standard InChI is InChI=1S/C16H16N6O/c1-3-21(16-9-8-15-17-19-20-22(15)18-16)11(2)14-10-12-6-4-5-7-13(12)23-14/h4-11H,3H2,1-2H3. The summed E-state index contributed by atoms with van der Waals surface area (Å²) in [5, 5.41) is 16.9. The fourth-order valence-corrected chi connectivity index (χ4v) is 2.79. The van der Waals surface area contributed by atoms with E-state index in [9.17, 15) is 0 Å². The average molecular weight is 308 g/mol. The molecule has 0 radical (unpaired) electrons. The van der Waals surface area contributed by atoms with Crippen LogP contribution in [0.3, 0.4) is 0 Å². The lowest BCUT2D eigenvalue weighted by atomic mass is 10.2. The van der Waals surface area contributed by atoms with Crippen LogP contribution in [0, 0.1) is 0 Å². The van der Waals surface area contributed by atoms with E-state index in [0.29, 0.717) is 5.65 Å². The molecule has 0 saturated heterocycles. The molecule has 0 amide bonds. The minimum atomic E-state index is 0.0498. The largest absolute Gasteiger partial charge is 0.459 e. The van der Waals surface area contributed by atoms with Crippen LogP contribution in [0.2, 0.25) is 0 Å². The maximum Gasteiger partial charge on any atom is 0.200 e. The molecule has 7 heteroatoms. The minimum absolute atomic E-state index is 0.0498. The molecule has 0 aliphatic heterocycles.